The Labute approximate surface area is 233 Å². The van der Waals surface area contributed by atoms with Gasteiger partial charge in [0.1, 0.15) is 35.6 Å². The number of hydrogen-bond acceptors (Lipinski definition) is 6. The van der Waals surface area contributed by atoms with E-state index in [0.29, 0.717) is 24.6 Å². The van der Waals surface area contributed by atoms with Crippen molar-refractivity contribution in [1.82, 2.24) is 25.6 Å². The van der Waals surface area contributed by atoms with Crippen molar-refractivity contribution in [2.24, 2.45) is 5.92 Å². The molecule has 5 rings (SSSR count). The van der Waals surface area contributed by atoms with Gasteiger partial charge in [-0.05, 0) is 63.6 Å². The van der Waals surface area contributed by atoms with Gasteiger partial charge in [-0.3, -0.25) is 9.59 Å². The van der Waals surface area contributed by atoms with E-state index in [1.54, 1.807) is 6.92 Å². The number of carbonyl (C=O) groups is 2. The lowest BCUT2D eigenvalue weighted by Gasteiger charge is -2.32. The minimum atomic E-state index is -4.59. The molecule has 2 heterocycles. The van der Waals surface area contributed by atoms with E-state index >= 15 is 0 Å². The summed E-state index contributed by atoms with van der Waals surface area (Å²) >= 11 is 0. The number of rotatable bonds is 8. The fourth-order valence-corrected chi connectivity index (χ4v) is 5.08. The Morgan fingerprint density at radius 3 is 2.59 bits per heavy atom. The lowest BCUT2D eigenvalue weighted by atomic mass is 9.89. The molecule has 0 unspecified atom stereocenters. The van der Waals surface area contributed by atoms with Crippen molar-refractivity contribution in [3.63, 3.8) is 0 Å². The van der Waals surface area contributed by atoms with E-state index in [2.05, 4.69) is 25.6 Å². The van der Waals surface area contributed by atoms with Crippen molar-refractivity contribution in [1.29, 1.82) is 0 Å². The van der Waals surface area contributed by atoms with Crippen molar-refractivity contribution in [2.75, 3.05) is 6.61 Å². The van der Waals surface area contributed by atoms with E-state index in [1.807, 2.05) is 0 Å². The Morgan fingerprint density at radius 2 is 1.93 bits per heavy atom. The Morgan fingerprint density at radius 1 is 1.17 bits per heavy atom. The molecular weight excluding hydrogens is 546 g/mol. The number of aliphatic hydroxyl groups is 1. The molecule has 2 fully saturated rings. The number of aromatic nitrogens is 3. The maximum atomic E-state index is 15.0. The number of nitrogens with one attached hydrogen (secondary N) is 3. The van der Waals surface area contributed by atoms with Gasteiger partial charge in [0.2, 0.25) is 5.91 Å². The number of fused-ring (bicyclic) bond motifs is 1. The number of amides is 2. The number of halogens is 4. The summed E-state index contributed by atoms with van der Waals surface area (Å²) in [5, 5.41) is 14.7. The molecule has 0 radical (unpaired) electrons. The number of aliphatic hydroxyl groups excluding tert-OH is 1. The third-order valence-electron chi connectivity index (χ3n) is 7.55. The molecule has 13 heteroatoms. The van der Waals surface area contributed by atoms with E-state index in [9.17, 15) is 32.3 Å². The standard InChI is InChI=1S/C28H31F4N5O4/c1-13-22(27(40)37-20-7-6-17(10-19(20)29)36-26(39)14(2)38)24-25(35-13)23(33-12-34-24)18-9-16(28(30,31)32)5-8-21(18)41-11-15-3-4-15/h5,8-9,12,14-15,17,19-20,35,38H,3-4,6-7,10-11H2,1-2H3,(H,36,39)(H,37,40)/t14-,17+,19+,20-/m0/s1. The third-order valence-corrected chi connectivity index (χ3v) is 7.55. The normalized spacial score (nSPS) is 21.9. The second-order valence-corrected chi connectivity index (χ2v) is 10.8. The van der Waals surface area contributed by atoms with Crippen LogP contribution in [0.2, 0.25) is 0 Å². The molecule has 2 aliphatic rings. The quantitative estimate of drug-likeness (QED) is 0.297. The van der Waals surface area contributed by atoms with E-state index in [0.717, 1.165) is 25.0 Å². The van der Waals surface area contributed by atoms with Crippen LogP contribution in [0.5, 0.6) is 5.75 Å². The molecule has 9 nitrogen and oxygen atoms in total. The van der Waals surface area contributed by atoms with Crippen LogP contribution >= 0.6 is 0 Å². The van der Waals surface area contributed by atoms with Crippen LogP contribution in [0.3, 0.4) is 0 Å². The average Bonchev–Trinajstić information content (AvgIpc) is 3.67. The zero-order chi connectivity index (χ0) is 29.5. The summed E-state index contributed by atoms with van der Waals surface area (Å²) in [7, 11) is 0. The molecular formula is C28H31F4N5O4. The minimum Gasteiger partial charge on any atom is -0.493 e. The van der Waals surface area contributed by atoms with Gasteiger partial charge < -0.3 is 25.5 Å². The van der Waals surface area contributed by atoms with E-state index < -0.39 is 47.9 Å². The highest BCUT2D eigenvalue weighted by Gasteiger charge is 2.35. The SMILES string of the molecule is Cc1[nH]c2c(-c3cc(C(F)(F)F)ccc3OCC3CC3)ncnc2c1C(=O)N[C@H]1CC[C@@H](NC(=O)[C@H](C)O)C[C@H]1F. The molecule has 0 spiro atoms. The van der Waals surface area contributed by atoms with Gasteiger partial charge in [-0.1, -0.05) is 0 Å². The van der Waals surface area contributed by atoms with Gasteiger partial charge in [0.15, 0.2) is 0 Å². The first-order chi connectivity index (χ1) is 19.4. The van der Waals surface area contributed by atoms with Crippen LogP contribution < -0.4 is 15.4 Å². The van der Waals surface area contributed by atoms with Crippen LogP contribution in [-0.2, 0) is 11.0 Å². The number of aromatic amines is 1. The van der Waals surface area contributed by atoms with Crippen LogP contribution in [-0.4, -0.2) is 62.8 Å². The number of ether oxygens (including phenoxy) is 1. The lowest BCUT2D eigenvalue weighted by Crippen LogP contribution is -2.51. The van der Waals surface area contributed by atoms with Crippen LogP contribution in [0.25, 0.3) is 22.3 Å². The fraction of sp³-hybridized carbons (Fsp3) is 0.500. The summed E-state index contributed by atoms with van der Waals surface area (Å²) in [6.07, 6.45) is -3.44. The summed E-state index contributed by atoms with van der Waals surface area (Å²) in [5.74, 6) is -0.575. The van der Waals surface area contributed by atoms with Crippen LogP contribution in [0.1, 0.15) is 60.6 Å². The first-order valence-electron chi connectivity index (χ1n) is 13.5. The van der Waals surface area contributed by atoms with Gasteiger partial charge in [-0.15, -0.1) is 0 Å². The van der Waals surface area contributed by atoms with Gasteiger partial charge in [0.25, 0.3) is 5.91 Å². The summed E-state index contributed by atoms with van der Waals surface area (Å²) in [6, 6.07) is 1.93. The number of alkyl halides is 4. The largest absolute Gasteiger partial charge is 0.493 e. The van der Waals surface area contributed by atoms with Crippen molar-refractivity contribution in [3.05, 3.63) is 41.3 Å². The van der Waals surface area contributed by atoms with Gasteiger partial charge in [0.05, 0.1) is 29.3 Å². The highest BCUT2D eigenvalue weighted by molar-refractivity contribution is 6.09. The second-order valence-electron chi connectivity index (χ2n) is 10.8. The minimum absolute atomic E-state index is 0.0260. The first-order valence-corrected chi connectivity index (χ1v) is 13.5. The third kappa shape index (κ3) is 6.29. The molecule has 220 valence electrons. The molecule has 2 aromatic heterocycles. The van der Waals surface area contributed by atoms with Crippen molar-refractivity contribution >= 4 is 22.8 Å². The highest BCUT2D eigenvalue weighted by atomic mass is 19.4. The van der Waals surface area contributed by atoms with E-state index in [1.165, 1.54) is 19.3 Å². The van der Waals surface area contributed by atoms with Crippen LogP contribution in [0, 0.1) is 12.8 Å². The molecule has 0 saturated heterocycles. The molecule has 41 heavy (non-hydrogen) atoms. The first kappa shape index (κ1) is 28.8. The van der Waals surface area contributed by atoms with Crippen molar-refractivity contribution in [3.8, 4) is 17.0 Å². The predicted octanol–water partition coefficient (Wildman–Crippen LogP) is 4.23. The Bertz CT molecular complexity index is 1450. The maximum Gasteiger partial charge on any atom is 0.416 e. The molecule has 1 aromatic carbocycles. The van der Waals surface area contributed by atoms with Crippen molar-refractivity contribution in [2.45, 2.75) is 76.5 Å². The van der Waals surface area contributed by atoms with Crippen LogP contribution in [0.15, 0.2) is 24.5 Å². The number of H-pyrrole nitrogens is 1. The number of hydrogen-bond donors (Lipinski definition) is 4. The molecule has 0 bridgehead atoms. The monoisotopic (exact) mass is 577 g/mol. The number of carbonyl (C=O) groups excluding carboxylic acids is 2. The Hall–Kier alpha value is -3.74. The number of nitrogens with zero attached hydrogens (tertiary/aromatic N) is 2. The lowest BCUT2D eigenvalue weighted by molar-refractivity contribution is -0.137. The van der Waals surface area contributed by atoms with Crippen LogP contribution in [0.4, 0.5) is 17.6 Å². The Balaban J connectivity index is 1.41. The van der Waals surface area contributed by atoms with Gasteiger partial charge in [0, 0.05) is 23.7 Å². The highest BCUT2D eigenvalue weighted by Crippen LogP contribution is 2.40. The molecule has 4 N–H and O–H groups in total. The topological polar surface area (TPSA) is 129 Å². The molecule has 2 amide bonds. The van der Waals surface area contributed by atoms with Gasteiger partial charge >= 0.3 is 6.18 Å². The van der Waals surface area contributed by atoms with E-state index in [4.69, 9.17) is 4.74 Å². The predicted molar refractivity (Wildman–Crippen MR) is 141 cm³/mol. The molecule has 3 aromatic rings. The summed E-state index contributed by atoms with van der Waals surface area (Å²) in [4.78, 5) is 36.6. The zero-order valence-electron chi connectivity index (χ0n) is 22.5. The van der Waals surface area contributed by atoms with Gasteiger partial charge in [-0.2, -0.15) is 13.2 Å². The van der Waals surface area contributed by atoms with Crippen molar-refractivity contribution < 1.29 is 37.0 Å². The van der Waals surface area contributed by atoms with E-state index in [-0.39, 0.29) is 46.4 Å². The summed E-state index contributed by atoms with van der Waals surface area (Å²) in [5.41, 5.74) is 0.353. The fourth-order valence-electron chi connectivity index (χ4n) is 5.08. The molecule has 0 aliphatic heterocycles. The summed E-state index contributed by atoms with van der Waals surface area (Å²) < 4.78 is 61.7. The summed E-state index contributed by atoms with van der Waals surface area (Å²) in [6.45, 7) is 3.31. The number of benzene rings is 1. The second kappa shape index (κ2) is 11.3. The van der Waals surface area contributed by atoms with Gasteiger partial charge in [-0.25, -0.2) is 14.4 Å². The molecule has 4 atom stereocenters. The molecule has 2 saturated carbocycles. The Kier molecular flexibility index (Phi) is 7.91. The number of aryl methyl sites for hydroxylation is 1. The zero-order valence-corrected chi connectivity index (χ0v) is 22.5. The maximum absolute atomic E-state index is 15.0. The average molecular weight is 578 g/mol. The smallest absolute Gasteiger partial charge is 0.416 e. The molecule has 2 aliphatic carbocycles.